The van der Waals surface area contributed by atoms with Gasteiger partial charge in [0, 0.05) is 22.8 Å². The number of thioether (sulfide) groups is 1. The summed E-state index contributed by atoms with van der Waals surface area (Å²) in [4.78, 5) is 27.0. The van der Waals surface area contributed by atoms with Gasteiger partial charge in [0.2, 0.25) is 5.91 Å². The molecule has 0 bridgehead atoms. The lowest BCUT2D eigenvalue weighted by Crippen LogP contribution is -2.50. The first kappa shape index (κ1) is 17.9. The SMILES string of the molecule is O=C(CSc1ncnc2sc3c(c12)CCCC3)N1CCC[C@@H]2CCCC[C@H]21. The standard InChI is InChI=1S/C21H27N3OS2/c25-18(24-11-5-7-14-6-1-3-9-16(14)24)12-26-20-19-15-8-2-4-10-17(15)27-21(19)23-13-22-20/h13-14,16H,1-12H2/t14-,16+/m0/s1. The smallest absolute Gasteiger partial charge is 0.233 e. The summed E-state index contributed by atoms with van der Waals surface area (Å²) in [6.07, 6.45) is 14.2. The van der Waals surface area contributed by atoms with E-state index in [4.69, 9.17) is 0 Å². The molecule has 0 N–H and O–H groups in total. The predicted octanol–water partition coefficient (Wildman–Crippen LogP) is 4.84. The minimum absolute atomic E-state index is 0.312. The zero-order valence-corrected chi connectivity index (χ0v) is 17.4. The largest absolute Gasteiger partial charge is 0.339 e. The fourth-order valence-corrected chi connectivity index (χ4v) is 7.52. The fourth-order valence-electron chi connectivity index (χ4n) is 5.32. The van der Waals surface area contributed by atoms with Gasteiger partial charge in [-0.25, -0.2) is 9.97 Å². The molecular formula is C21H27N3OS2. The Bertz CT molecular complexity index is 847. The third kappa shape index (κ3) is 3.39. The molecule has 5 rings (SSSR count). The Labute approximate surface area is 169 Å². The highest BCUT2D eigenvalue weighted by Crippen LogP contribution is 2.40. The van der Waals surface area contributed by atoms with Gasteiger partial charge in [0.05, 0.1) is 5.75 Å². The van der Waals surface area contributed by atoms with Crippen molar-refractivity contribution >= 4 is 39.2 Å². The Morgan fingerprint density at radius 2 is 1.96 bits per heavy atom. The maximum Gasteiger partial charge on any atom is 0.233 e. The summed E-state index contributed by atoms with van der Waals surface area (Å²) in [7, 11) is 0. The van der Waals surface area contributed by atoms with E-state index in [0.29, 0.717) is 17.7 Å². The zero-order chi connectivity index (χ0) is 18.2. The number of piperidine rings is 1. The first-order valence-electron chi connectivity index (χ1n) is 10.5. The molecule has 2 fully saturated rings. The molecule has 1 saturated heterocycles. The van der Waals surface area contributed by atoms with E-state index in [-0.39, 0.29) is 0 Å². The first-order valence-corrected chi connectivity index (χ1v) is 12.3. The maximum absolute atomic E-state index is 13.1. The van der Waals surface area contributed by atoms with Crippen molar-refractivity contribution < 1.29 is 4.79 Å². The average Bonchev–Trinajstić information content (AvgIpc) is 3.11. The molecule has 6 heteroatoms. The minimum atomic E-state index is 0.312. The minimum Gasteiger partial charge on any atom is -0.339 e. The molecule has 4 nitrogen and oxygen atoms in total. The lowest BCUT2D eigenvalue weighted by atomic mass is 9.78. The van der Waals surface area contributed by atoms with Crippen molar-refractivity contribution in [3.05, 3.63) is 16.8 Å². The second kappa shape index (κ2) is 7.70. The van der Waals surface area contributed by atoms with Crippen LogP contribution in [-0.2, 0) is 17.6 Å². The second-order valence-corrected chi connectivity index (χ2v) is 10.2. The highest BCUT2D eigenvalue weighted by Gasteiger charge is 2.35. The van der Waals surface area contributed by atoms with Gasteiger partial charge in [0.25, 0.3) is 0 Å². The van der Waals surface area contributed by atoms with Gasteiger partial charge in [-0.3, -0.25) is 4.79 Å². The van der Waals surface area contributed by atoms with Crippen LogP contribution in [0.5, 0.6) is 0 Å². The zero-order valence-electron chi connectivity index (χ0n) is 15.8. The molecule has 3 aliphatic rings. The van der Waals surface area contributed by atoms with E-state index in [1.165, 1.54) is 73.6 Å². The summed E-state index contributed by atoms with van der Waals surface area (Å²) in [6.45, 7) is 0.952. The van der Waals surface area contributed by atoms with Crippen molar-refractivity contribution in [3.8, 4) is 0 Å². The molecule has 1 aliphatic heterocycles. The van der Waals surface area contributed by atoms with Crippen molar-refractivity contribution in [2.75, 3.05) is 12.3 Å². The van der Waals surface area contributed by atoms with Gasteiger partial charge in [0.1, 0.15) is 16.2 Å². The molecule has 2 aliphatic carbocycles. The van der Waals surface area contributed by atoms with Crippen LogP contribution in [-0.4, -0.2) is 39.1 Å². The number of hydrogen-bond acceptors (Lipinski definition) is 5. The molecule has 2 aromatic heterocycles. The lowest BCUT2D eigenvalue weighted by Gasteiger charge is -2.44. The van der Waals surface area contributed by atoms with Gasteiger partial charge in [-0.05, 0) is 62.8 Å². The lowest BCUT2D eigenvalue weighted by molar-refractivity contribution is -0.134. The van der Waals surface area contributed by atoms with Crippen molar-refractivity contribution in [2.24, 2.45) is 5.92 Å². The number of carbonyl (C=O) groups excluding carboxylic acids is 1. The topological polar surface area (TPSA) is 46.1 Å². The van der Waals surface area contributed by atoms with Crippen LogP contribution in [0.25, 0.3) is 10.2 Å². The molecular weight excluding hydrogens is 374 g/mol. The number of fused-ring (bicyclic) bond motifs is 4. The van der Waals surface area contributed by atoms with Crippen LogP contribution in [0.2, 0.25) is 0 Å². The van der Waals surface area contributed by atoms with Crippen LogP contribution in [0.1, 0.15) is 61.8 Å². The molecule has 144 valence electrons. The van der Waals surface area contributed by atoms with Gasteiger partial charge in [-0.15, -0.1) is 11.3 Å². The van der Waals surface area contributed by atoms with Crippen LogP contribution in [0, 0.1) is 5.92 Å². The number of amides is 1. The maximum atomic E-state index is 13.1. The summed E-state index contributed by atoms with van der Waals surface area (Å²) in [5.41, 5.74) is 1.46. The van der Waals surface area contributed by atoms with E-state index < -0.39 is 0 Å². The van der Waals surface area contributed by atoms with E-state index in [1.807, 2.05) is 11.3 Å². The number of aryl methyl sites for hydroxylation is 2. The van der Waals surface area contributed by atoms with Gasteiger partial charge in [-0.2, -0.15) is 0 Å². The highest BCUT2D eigenvalue weighted by molar-refractivity contribution is 8.00. The van der Waals surface area contributed by atoms with E-state index >= 15 is 0 Å². The van der Waals surface area contributed by atoms with E-state index in [9.17, 15) is 4.79 Å². The molecule has 0 aromatic carbocycles. The number of rotatable bonds is 3. The molecule has 3 heterocycles. The average molecular weight is 402 g/mol. The molecule has 1 saturated carbocycles. The monoisotopic (exact) mass is 401 g/mol. The highest BCUT2D eigenvalue weighted by atomic mass is 32.2. The summed E-state index contributed by atoms with van der Waals surface area (Å²) >= 11 is 3.46. The van der Waals surface area contributed by atoms with E-state index in [0.717, 1.165) is 28.7 Å². The summed E-state index contributed by atoms with van der Waals surface area (Å²) < 4.78 is 0. The second-order valence-electron chi connectivity index (χ2n) is 8.20. The number of carbonyl (C=O) groups is 1. The summed E-state index contributed by atoms with van der Waals surface area (Å²) in [5.74, 6) is 1.57. The van der Waals surface area contributed by atoms with Gasteiger partial charge >= 0.3 is 0 Å². The summed E-state index contributed by atoms with van der Waals surface area (Å²) in [6, 6.07) is 0.500. The Hall–Kier alpha value is -1.14. The Morgan fingerprint density at radius 3 is 2.93 bits per heavy atom. The molecule has 2 atom stereocenters. The quantitative estimate of drug-likeness (QED) is 0.545. The molecule has 2 aromatic rings. The molecule has 27 heavy (non-hydrogen) atoms. The predicted molar refractivity (Wildman–Crippen MR) is 111 cm³/mol. The Balaban J connectivity index is 1.34. The van der Waals surface area contributed by atoms with Crippen LogP contribution in [0.3, 0.4) is 0 Å². The normalized spacial score (nSPS) is 25.3. The van der Waals surface area contributed by atoms with Crippen molar-refractivity contribution in [3.63, 3.8) is 0 Å². The molecule has 0 unspecified atom stereocenters. The van der Waals surface area contributed by atoms with Crippen LogP contribution in [0.4, 0.5) is 0 Å². The number of nitrogens with zero attached hydrogens (tertiary/aromatic N) is 3. The Kier molecular flexibility index (Phi) is 5.11. The molecule has 1 amide bonds. The van der Waals surface area contributed by atoms with Gasteiger partial charge < -0.3 is 4.90 Å². The molecule has 0 spiro atoms. The third-order valence-electron chi connectivity index (χ3n) is 6.61. The molecule has 0 radical (unpaired) electrons. The van der Waals surface area contributed by atoms with Crippen LogP contribution in [0.15, 0.2) is 11.4 Å². The van der Waals surface area contributed by atoms with Gasteiger partial charge in [0.15, 0.2) is 0 Å². The van der Waals surface area contributed by atoms with Crippen molar-refractivity contribution in [2.45, 2.75) is 75.3 Å². The van der Waals surface area contributed by atoms with Gasteiger partial charge in [-0.1, -0.05) is 24.6 Å². The summed E-state index contributed by atoms with van der Waals surface area (Å²) in [5, 5.41) is 2.26. The fraction of sp³-hybridized carbons (Fsp3) is 0.667. The van der Waals surface area contributed by atoms with Crippen molar-refractivity contribution in [1.82, 2.24) is 14.9 Å². The Morgan fingerprint density at radius 1 is 1.11 bits per heavy atom. The van der Waals surface area contributed by atoms with Crippen LogP contribution < -0.4 is 0 Å². The number of aromatic nitrogens is 2. The van der Waals surface area contributed by atoms with E-state index in [2.05, 4.69) is 14.9 Å². The number of hydrogen-bond donors (Lipinski definition) is 0. The van der Waals surface area contributed by atoms with E-state index in [1.54, 1.807) is 18.1 Å². The third-order valence-corrected chi connectivity index (χ3v) is 8.79. The van der Waals surface area contributed by atoms with Crippen LogP contribution >= 0.6 is 23.1 Å². The first-order chi connectivity index (χ1) is 13.3. The number of thiophene rings is 1. The number of likely N-dealkylation sites (tertiary alicyclic amines) is 1. The van der Waals surface area contributed by atoms with Crippen molar-refractivity contribution in [1.29, 1.82) is 0 Å².